The fourth-order valence-corrected chi connectivity index (χ4v) is 3.26. The van der Waals surface area contributed by atoms with E-state index in [-0.39, 0.29) is 6.04 Å². The first kappa shape index (κ1) is 17.2. The summed E-state index contributed by atoms with van der Waals surface area (Å²) < 4.78 is 13.9. The van der Waals surface area contributed by atoms with Crippen molar-refractivity contribution in [1.82, 2.24) is 24.8 Å². The number of alkyl halides is 1. The van der Waals surface area contributed by atoms with Crippen LogP contribution in [-0.4, -0.2) is 57.1 Å². The largest absolute Gasteiger partial charge is 0.299 e. The van der Waals surface area contributed by atoms with Gasteiger partial charge in [0.2, 0.25) is 0 Å². The number of aromatic nitrogens is 3. The summed E-state index contributed by atoms with van der Waals surface area (Å²) in [5.74, 6) is 0. The summed E-state index contributed by atoms with van der Waals surface area (Å²) in [5.41, 5.74) is 1.97. The van der Waals surface area contributed by atoms with Crippen LogP contribution >= 0.6 is 11.6 Å². The second-order valence-electron chi connectivity index (χ2n) is 6.33. The van der Waals surface area contributed by atoms with Crippen molar-refractivity contribution in [3.05, 3.63) is 53.3 Å². The van der Waals surface area contributed by atoms with Crippen LogP contribution < -0.4 is 0 Å². The molecule has 1 aliphatic heterocycles. The molecule has 0 radical (unpaired) electrons. The molecule has 3 rings (SSSR count). The molecule has 24 heavy (non-hydrogen) atoms. The van der Waals surface area contributed by atoms with Crippen molar-refractivity contribution in [2.45, 2.75) is 31.7 Å². The van der Waals surface area contributed by atoms with Crippen LogP contribution in [0.4, 0.5) is 4.39 Å². The summed E-state index contributed by atoms with van der Waals surface area (Å²) in [6.45, 7) is 2.65. The summed E-state index contributed by atoms with van der Waals surface area (Å²) in [6.07, 6.45) is 6.52. The normalized spacial score (nSPS) is 21.5. The van der Waals surface area contributed by atoms with E-state index in [0.29, 0.717) is 31.1 Å². The number of likely N-dealkylation sites (N-methyl/N-ethyl adjacent to an activating group) is 1. The van der Waals surface area contributed by atoms with Crippen LogP contribution in [0.5, 0.6) is 0 Å². The Balaban J connectivity index is 1.58. The van der Waals surface area contributed by atoms with E-state index in [1.165, 1.54) is 6.33 Å². The summed E-state index contributed by atoms with van der Waals surface area (Å²) in [4.78, 5) is 16.7. The molecule has 2 aromatic rings. The van der Waals surface area contributed by atoms with Crippen molar-refractivity contribution >= 4 is 11.6 Å². The van der Waals surface area contributed by atoms with Crippen LogP contribution in [0, 0.1) is 0 Å². The highest BCUT2D eigenvalue weighted by Crippen LogP contribution is 2.23. The van der Waals surface area contributed by atoms with Gasteiger partial charge in [-0.15, -0.1) is 0 Å². The summed E-state index contributed by atoms with van der Waals surface area (Å²) >= 11 is 5.86. The zero-order valence-corrected chi connectivity index (χ0v) is 14.4. The first-order chi connectivity index (χ1) is 11.6. The Labute approximate surface area is 146 Å². The molecule has 7 heteroatoms. The number of halogens is 2. The molecule has 0 bridgehead atoms. The van der Waals surface area contributed by atoms with Gasteiger partial charge in [0.05, 0.1) is 10.7 Å². The smallest absolute Gasteiger partial charge is 0.115 e. The van der Waals surface area contributed by atoms with Crippen LogP contribution in [0.15, 0.2) is 37.1 Å². The zero-order chi connectivity index (χ0) is 16.9. The third kappa shape index (κ3) is 4.69. The molecule has 128 valence electrons. The van der Waals surface area contributed by atoms with Crippen LogP contribution in [0.25, 0.3) is 0 Å². The van der Waals surface area contributed by atoms with Gasteiger partial charge in [-0.05, 0) is 25.6 Å². The molecule has 0 amide bonds. The van der Waals surface area contributed by atoms with Crippen LogP contribution in [0.3, 0.4) is 0 Å². The maximum absolute atomic E-state index is 13.9. The lowest BCUT2D eigenvalue weighted by atomic mass is 10.2. The standard InChI is InChI=1S/C17H21ClFN5/c1-23(10-16-3-2-14(18)7-22-16)11-17-4-15(19)9-24(17)8-13-5-20-12-21-6-13/h2-3,5-7,12,15,17H,4,8-11H2,1H3/t15-,17-/m0/s1. The Morgan fingerprint density at radius 1 is 1.29 bits per heavy atom. The van der Waals surface area contributed by atoms with Gasteiger partial charge < -0.3 is 0 Å². The zero-order valence-electron chi connectivity index (χ0n) is 13.6. The predicted octanol–water partition coefficient (Wildman–Crippen LogP) is 2.57. The van der Waals surface area contributed by atoms with Crippen molar-refractivity contribution in [3.8, 4) is 0 Å². The van der Waals surface area contributed by atoms with E-state index in [1.54, 1.807) is 18.6 Å². The van der Waals surface area contributed by atoms with Crippen LogP contribution in [0.2, 0.25) is 5.02 Å². The van der Waals surface area contributed by atoms with Gasteiger partial charge in [-0.25, -0.2) is 14.4 Å². The van der Waals surface area contributed by atoms with Gasteiger partial charge >= 0.3 is 0 Å². The fourth-order valence-electron chi connectivity index (χ4n) is 3.15. The lowest BCUT2D eigenvalue weighted by Crippen LogP contribution is -2.38. The Bertz CT molecular complexity index is 639. The maximum Gasteiger partial charge on any atom is 0.115 e. The van der Waals surface area contributed by atoms with Crippen LogP contribution in [0.1, 0.15) is 17.7 Å². The molecule has 5 nitrogen and oxygen atoms in total. The number of hydrogen-bond acceptors (Lipinski definition) is 5. The lowest BCUT2D eigenvalue weighted by molar-refractivity contribution is 0.179. The van der Waals surface area contributed by atoms with Crippen molar-refractivity contribution in [3.63, 3.8) is 0 Å². The highest BCUT2D eigenvalue weighted by Gasteiger charge is 2.32. The van der Waals surface area contributed by atoms with Gasteiger partial charge in [-0.3, -0.25) is 14.8 Å². The minimum Gasteiger partial charge on any atom is -0.299 e. The number of likely N-dealkylation sites (tertiary alicyclic amines) is 1. The molecule has 2 atom stereocenters. The Morgan fingerprint density at radius 3 is 2.79 bits per heavy atom. The Hall–Kier alpha value is -1.63. The quantitative estimate of drug-likeness (QED) is 0.802. The summed E-state index contributed by atoms with van der Waals surface area (Å²) in [7, 11) is 2.03. The molecular formula is C17H21ClFN5. The van der Waals surface area contributed by atoms with E-state index in [4.69, 9.17) is 11.6 Å². The molecular weight excluding hydrogens is 329 g/mol. The van der Waals surface area contributed by atoms with E-state index < -0.39 is 6.17 Å². The van der Waals surface area contributed by atoms with Crippen molar-refractivity contribution in [2.24, 2.45) is 0 Å². The molecule has 0 saturated carbocycles. The minimum atomic E-state index is -0.776. The summed E-state index contributed by atoms with van der Waals surface area (Å²) in [6, 6.07) is 3.94. The molecule has 1 fully saturated rings. The predicted molar refractivity (Wildman–Crippen MR) is 91.3 cm³/mol. The number of pyridine rings is 1. The second-order valence-corrected chi connectivity index (χ2v) is 6.76. The average Bonchev–Trinajstić information content (AvgIpc) is 2.89. The van der Waals surface area contributed by atoms with Gasteiger partial charge in [0.25, 0.3) is 0 Å². The fraction of sp³-hybridized carbons (Fsp3) is 0.471. The molecule has 1 aliphatic rings. The van der Waals surface area contributed by atoms with E-state index >= 15 is 0 Å². The number of nitrogens with zero attached hydrogens (tertiary/aromatic N) is 5. The molecule has 0 aromatic carbocycles. The van der Waals surface area contributed by atoms with Gasteiger partial charge in [0, 0.05) is 56.4 Å². The van der Waals surface area contributed by atoms with Gasteiger partial charge in [-0.1, -0.05) is 11.6 Å². The minimum absolute atomic E-state index is 0.178. The first-order valence-corrected chi connectivity index (χ1v) is 8.39. The van der Waals surface area contributed by atoms with Gasteiger partial charge in [-0.2, -0.15) is 0 Å². The number of rotatable bonds is 6. The van der Waals surface area contributed by atoms with Crippen molar-refractivity contribution < 1.29 is 4.39 Å². The topological polar surface area (TPSA) is 45.2 Å². The SMILES string of the molecule is CN(Cc1ccc(Cl)cn1)C[C@@H]1C[C@H](F)CN1Cc1cncnc1. The second kappa shape index (κ2) is 7.96. The summed E-state index contributed by atoms with van der Waals surface area (Å²) in [5, 5.41) is 0.633. The molecule has 1 saturated heterocycles. The Morgan fingerprint density at radius 2 is 2.08 bits per heavy atom. The molecule has 0 aliphatic carbocycles. The van der Waals surface area contributed by atoms with E-state index in [0.717, 1.165) is 17.8 Å². The van der Waals surface area contributed by atoms with E-state index in [1.807, 2.05) is 19.2 Å². The van der Waals surface area contributed by atoms with E-state index in [9.17, 15) is 4.39 Å². The number of hydrogen-bond donors (Lipinski definition) is 0. The van der Waals surface area contributed by atoms with Crippen molar-refractivity contribution in [2.75, 3.05) is 20.1 Å². The molecule has 0 spiro atoms. The highest BCUT2D eigenvalue weighted by molar-refractivity contribution is 6.30. The lowest BCUT2D eigenvalue weighted by Gasteiger charge is -2.28. The molecule has 0 N–H and O–H groups in total. The monoisotopic (exact) mass is 349 g/mol. The maximum atomic E-state index is 13.9. The molecule has 0 unspecified atom stereocenters. The third-order valence-electron chi connectivity index (χ3n) is 4.22. The van der Waals surface area contributed by atoms with Crippen molar-refractivity contribution in [1.29, 1.82) is 0 Å². The van der Waals surface area contributed by atoms with Crippen LogP contribution in [-0.2, 0) is 13.1 Å². The average molecular weight is 350 g/mol. The third-order valence-corrected chi connectivity index (χ3v) is 4.44. The molecule has 3 heterocycles. The van der Waals surface area contributed by atoms with Gasteiger partial charge in [0.1, 0.15) is 12.5 Å². The van der Waals surface area contributed by atoms with E-state index in [2.05, 4.69) is 24.8 Å². The highest BCUT2D eigenvalue weighted by atomic mass is 35.5. The Kier molecular flexibility index (Phi) is 5.71. The van der Waals surface area contributed by atoms with Gasteiger partial charge in [0.15, 0.2) is 0 Å². The first-order valence-electron chi connectivity index (χ1n) is 8.01. The molecule has 2 aromatic heterocycles.